The second-order valence-corrected chi connectivity index (χ2v) is 13.9. The molecule has 0 amide bonds. The van der Waals surface area contributed by atoms with Crippen LogP contribution in [0.4, 0.5) is 39.8 Å². The number of aromatic nitrogens is 1. The third-order valence-electron chi connectivity index (χ3n) is 9.84. The number of hydrogen-bond acceptors (Lipinski definition) is 5. The highest BCUT2D eigenvalue weighted by molar-refractivity contribution is 6.16. The maximum absolute atomic E-state index is 2.51. The number of fused-ring (bicyclic) bond motifs is 6. The largest absolute Gasteiger partial charge is 0.361 e. The first-order valence-corrected chi connectivity index (χ1v) is 16.1. The Labute approximate surface area is 270 Å². The van der Waals surface area contributed by atoms with Crippen LogP contribution in [0, 0.1) is 0 Å². The molecule has 3 aliphatic heterocycles. The molecule has 9 rings (SSSR count). The van der Waals surface area contributed by atoms with Gasteiger partial charge in [-0.1, -0.05) is 63.2 Å². The Hall–Kier alpha value is -5.36. The summed E-state index contributed by atoms with van der Waals surface area (Å²) in [5, 5.41) is 2.56. The van der Waals surface area contributed by atoms with Gasteiger partial charge in [-0.25, -0.2) is 0 Å². The summed E-state index contributed by atoms with van der Waals surface area (Å²) in [5.41, 5.74) is 13.4. The van der Waals surface area contributed by atoms with E-state index in [2.05, 4.69) is 179 Å². The van der Waals surface area contributed by atoms with Gasteiger partial charge in [-0.05, 0) is 71.6 Å². The van der Waals surface area contributed by atoms with E-state index in [9.17, 15) is 0 Å². The smallest absolute Gasteiger partial charge is 0.0950 e. The van der Waals surface area contributed by atoms with E-state index in [1.807, 2.05) is 0 Å². The number of para-hydroxylation sites is 4. The van der Waals surface area contributed by atoms with E-state index in [0.29, 0.717) is 0 Å². The summed E-state index contributed by atoms with van der Waals surface area (Å²) < 4.78 is 2.47. The second-order valence-electron chi connectivity index (χ2n) is 13.9. The fourth-order valence-electron chi connectivity index (χ4n) is 7.51. The normalized spacial score (nSPS) is 15.5. The maximum atomic E-state index is 2.51. The fraction of sp³-hybridized carbons (Fsp3) is 0.200. The first-order valence-electron chi connectivity index (χ1n) is 16.1. The minimum Gasteiger partial charge on any atom is -0.361 e. The third kappa shape index (κ3) is 3.89. The van der Waals surface area contributed by atoms with E-state index >= 15 is 0 Å². The summed E-state index contributed by atoms with van der Waals surface area (Å²) in [4.78, 5) is 11.8. The highest BCUT2D eigenvalue weighted by atomic mass is 15.4. The molecule has 5 aromatic carbocycles. The Balaban J connectivity index is 1.33. The lowest BCUT2D eigenvalue weighted by Crippen LogP contribution is -2.25. The Morgan fingerprint density at radius 2 is 1.30 bits per heavy atom. The number of anilines is 7. The van der Waals surface area contributed by atoms with Crippen molar-refractivity contribution in [3.8, 4) is 5.69 Å². The average molecular weight is 603 g/mol. The Morgan fingerprint density at radius 3 is 2.11 bits per heavy atom. The van der Waals surface area contributed by atoms with Crippen LogP contribution in [0.5, 0.6) is 0 Å². The fourth-order valence-corrected chi connectivity index (χ4v) is 7.51. The molecule has 46 heavy (non-hydrogen) atoms. The van der Waals surface area contributed by atoms with Crippen molar-refractivity contribution in [3.63, 3.8) is 0 Å². The lowest BCUT2D eigenvalue weighted by molar-refractivity contribution is 0.496. The van der Waals surface area contributed by atoms with E-state index < -0.39 is 0 Å². The van der Waals surface area contributed by atoms with Crippen molar-refractivity contribution in [2.24, 2.45) is 0 Å². The molecule has 0 saturated carbocycles. The minimum atomic E-state index is -0.0395. The van der Waals surface area contributed by atoms with Crippen molar-refractivity contribution in [1.82, 2.24) is 9.47 Å². The van der Waals surface area contributed by atoms with Crippen LogP contribution in [0.25, 0.3) is 27.5 Å². The highest BCUT2D eigenvalue weighted by Gasteiger charge is 2.32. The van der Waals surface area contributed by atoms with Gasteiger partial charge in [0.1, 0.15) is 0 Å². The molecule has 0 aliphatic carbocycles. The van der Waals surface area contributed by atoms with Crippen molar-refractivity contribution in [3.05, 3.63) is 121 Å². The summed E-state index contributed by atoms with van der Waals surface area (Å²) in [7, 11) is 4.30. The molecule has 6 aromatic rings. The molecular weight excluding hydrogens is 564 g/mol. The van der Waals surface area contributed by atoms with Gasteiger partial charge in [0, 0.05) is 54.3 Å². The van der Waals surface area contributed by atoms with Crippen LogP contribution in [-0.4, -0.2) is 36.9 Å². The Morgan fingerprint density at radius 1 is 0.565 bits per heavy atom. The zero-order valence-electron chi connectivity index (χ0n) is 27.1. The summed E-state index contributed by atoms with van der Waals surface area (Å²) in [6, 6.07) is 38.5. The molecule has 4 heterocycles. The molecular formula is C40H38N6. The van der Waals surface area contributed by atoms with Gasteiger partial charge in [-0.15, -0.1) is 0 Å². The molecule has 0 spiro atoms. The topological polar surface area (TPSA) is 21.1 Å². The van der Waals surface area contributed by atoms with Crippen LogP contribution in [-0.2, 0) is 5.41 Å². The van der Waals surface area contributed by atoms with Gasteiger partial charge in [0.15, 0.2) is 0 Å². The van der Waals surface area contributed by atoms with Crippen LogP contribution in [0.15, 0.2) is 116 Å². The summed E-state index contributed by atoms with van der Waals surface area (Å²) >= 11 is 0. The highest BCUT2D eigenvalue weighted by Crippen LogP contribution is 2.52. The van der Waals surface area contributed by atoms with Crippen molar-refractivity contribution in [2.75, 3.05) is 47.0 Å². The molecule has 3 aliphatic rings. The van der Waals surface area contributed by atoms with Crippen molar-refractivity contribution in [2.45, 2.75) is 26.2 Å². The zero-order valence-corrected chi connectivity index (χ0v) is 27.1. The monoisotopic (exact) mass is 602 g/mol. The molecule has 6 heteroatoms. The molecule has 0 unspecified atom stereocenters. The molecule has 0 saturated heterocycles. The summed E-state index contributed by atoms with van der Waals surface area (Å²) in [6.07, 6.45) is 4.31. The van der Waals surface area contributed by atoms with Crippen molar-refractivity contribution >= 4 is 61.6 Å². The number of benzene rings is 5. The van der Waals surface area contributed by atoms with Gasteiger partial charge in [0.25, 0.3) is 0 Å². The standard InChI is InChI=1S/C40H38N6/c1-40(2,3)27-21-29(44-26-42(5)34-14-8-9-15-35(34)44)23-30(22-27)45-37-16-10-12-32-31-11-6-7-13-33(31)46(39(32)37)36-18-17-28(24-38(36)45)43-20-19-41(4)25-43/h6-24H,25-26H2,1-5H3. The SMILES string of the molecule is CN1C=CN(c2ccc3c(c2)N(c2cc(N4CN(C)c5ccccc54)cc(C(C)(C)C)c2)c2cccc4c5ccccc5n-3c24)C1. The van der Waals surface area contributed by atoms with Gasteiger partial charge < -0.3 is 29.1 Å². The number of rotatable bonds is 3. The number of hydrogen-bond donors (Lipinski definition) is 0. The third-order valence-corrected chi connectivity index (χ3v) is 9.84. The maximum Gasteiger partial charge on any atom is 0.0950 e. The molecule has 1 aromatic heterocycles. The van der Waals surface area contributed by atoms with Gasteiger partial charge in [-0.2, -0.15) is 0 Å². The average Bonchev–Trinajstić information content (AvgIpc) is 3.75. The first kappa shape index (κ1) is 27.0. The molecule has 228 valence electrons. The lowest BCUT2D eigenvalue weighted by atomic mass is 9.86. The molecule has 6 nitrogen and oxygen atoms in total. The van der Waals surface area contributed by atoms with Crippen molar-refractivity contribution in [1.29, 1.82) is 0 Å². The molecule has 0 atom stereocenters. The predicted octanol–water partition coefficient (Wildman–Crippen LogP) is 9.59. The molecule has 0 N–H and O–H groups in total. The summed E-state index contributed by atoms with van der Waals surface area (Å²) in [6.45, 7) is 8.59. The lowest BCUT2D eigenvalue weighted by Gasteiger charge is -2.36. The van der Waals surface area contributed by atoms with Gasteiger partial charge in [0.2, 0.25) is 0 Å². The first-order chi connectivity index (χ1) is 22.3. The van der Waals surface area contributed by atoms with Crippen LogP contribution >= 0.6 is 0 Å². The Bertz CT molecular complexity index is 2220. The number of nitrogens with zero attached hydrogens (tertiary/aromatic N) is 6. The van der Waals surface area contributed by atoms with Gasteiger partial charge in [0.05, 0.1) is 52.8 Å². The molecule has 0 fully saturated rings. The molecule has 0 radical (unpaired) electrons. The predicted molar refractivity (Wildman–Crippen MR) is 194 cm³/mol. The van der Waals surface area contributed by atoms with Crippen LogP contribution in [0.2, 0.25) is 0 Å². The second kappa shape index (κ2) is 9.57. The van der Waals surface area contributed by atoms with E-state index in [1.54, 1.807) is 0 Å². The van der Waals surface area contributed by atoms with Crippen molar-refractivity contribution < 1.29 is 0 Å². The Kier molecular flexibility index (Phi) is 5.62. The van der Waals surface area contributed by atoms with E-state index in [4.69, 9.17) is 0 Å². The quantitative estimate of drug-likeness (QED) is 0.200. The summed E-state index contributed by atoms with van der Waals surface area (Å²) in [5.74, 6) is 0. The molecule has 0 bridgehead atoms. The van der Waals surface area contributed by atoms with Crippen LogP contribution in [0.3, 0.4) is 0 Å². The van der Waals surface area contributed by atoms with Crippen LogP contribution < -0.4 is 19.6 Å². The van der Waals surface area contributed by atoms with Crippen LogP contribution in [0.1, 0.15) is 26.3 Å². The zero-order chi connectivity index (χ0) is 31.3. The van der Waals surface area contributed by atoms with Gasteiger partial charge in [-0.3, -0.25) is 0 Å². The van der Waals surface area contributed by atoms with Gasteiger partial charge >= 0.3 is 0 Å². The van der Waals surface area contributed by atoms with E-state index in [-0.39, 0.29) is 5.41 Å². The van der Waals surface area contributed by atoms with E-state index in [0.717, 1.165) is 13.3 Å². The van der Waals surface area contributed by atoms with E-state index in [1.165, 1.54) is 72.9 Å². The minimum absolute atomic E-state index is 0.0395.